The molecule has 17 heavy (non-hydrogen) atoms. The number of halogens is 2. The van der Waals surface area contributed by atoms with Crippen LogP contribution in [0.2, 0.25) is 0 Å². The molecule has 4 nitrogen and oxygen atoms in total. The number of aromatic nitrogens is 2. The number of carbonyl (C=O) groups is 1. The minimum absolute atomic E-state index is 0.0319. The molecule has 0 unspecified atom stereocenters. The molecule has 0 amide bonds. The standard InChI is InChI=1S/C11H8BrFN2O2/c12-8-3-1-2-4-9(8)15-10(5-13)7(6-14-15)11(16)17/h1-4,6H,5H2,(H,16,17). The second-order valence-electron chi connectivity index (χ2n) is 3.31. The van der Waals surface area contributed by atoms with Gasteiger partial charge in [-0.3, -0.25) is 0 Å². The van der Waals surface area contributed by atoms with E-state index in [0.717, 1.165) is 10.7 Å². The van der Waals surface area contributed by atoms with Gasteiger partial charge in [-0.25, -0.2) is 13.9 Å². The Kier molecular flexibility index (Phi) is 3.23. The first-order valence-corrected chi connectivity index (χ1v) is 5.55. The Bertz CT molecular complexity index is 568. The van der Waals surface area contributed by atoms with E-state index < -0.39 is 12.6 Å². The number of rotatable bonds is 3. The van der Waals surface area contributed by atoms with Gasteiger partial charge in [-0.05, 0) is 28.1 Å². The van der Waals surface area contributed by atoms with Crippen LogP contribution in [0.4, 0.5) is 4.39 Å². The van der Waals surface area contributed by atoms with E-state index in [4.69, 9.17) is 5.11 Å². The van der Waals surface area contributed by atoms with E-state index >= 15 is 0 Å². The van der Waals surface area contributed by atoms with Crippen molar-refractivity contribution in [1.82, 2.24) is 9.78 Å². The highest BCUT2D eigenvalue weighted by Crippen LogP contribution is 2.23. The number of carboxylic acids is 1. The fourth-order valence-corrected chi connectivity index (χ4v) is 1.96. The molecule has 0 atom stereocenters. The van der Waals surface area contributed by atoms with Gasteiger partial charge in [0.2, 0.25) is 0 Å². The lowest BCUT2D eigenvalue weighted by molar-refractivity contribution is 0.0694. The average molecular weight is 299 g/mol. The van der Waals surface area contributed by atoms with Gasteiger partial charge in [-0.15, -0.1) is 0 Å². The second-order valence-corrected chi connectivity index (χ2v) is 4.16. The van der Waals surface area contributed by atoms with E-state index in [0.29, 0.717) is 5.69 Å². The number of benzene rings is 1. The van der Waals surface area contributed by atoms with Gasteiger partial charge < -0.3 is 5.11 Å². The smallest absolute Gasteiger partial charge is 0.339 e. The van der Waals surface area contributed by atoms with Gasteiger partial charge >= 0.3 is 5.97 Å². The number of aromatic carboxylic acids is 1. The molecule has 1 N–H and O–H groups in total. The largest absolute Gasteiger partial charge is 0.478 e. The zero-order chi connectivity index (χ0) is 12.4. The zero-order valence-electron chi connectivity index (χ0n) is 8.60. The van der Waals surface area contributed by atoms with Crippen molar-refractivity contribution in [2.24, 2.45) is 0 Å². The summed E-state index contributed by atoms with van der Waals surface area (Å²) in [4.78, 5) is 10.9. The molecule has 0 bridgehead atoms. The van der Waals surface area contributed by atoms with Gasteiger partial charge in [0, 0.05) is 4.47 Å². The minimum Gasteiger partial charge on any atom is -0.478 e. The predicted molar refractivity (Wildman–Crippen MR) is 63.0 cm³/mol. The maximum absolute atomic E-state index is 12.9. The molecular weight excluding hydrogens is 291 g/mol. The van der Waals surface area contributed by atoms with E-state index in [1.165, 1.54) is 4.68 Å². The van der Waals surface area contributed by atoms with Crippen LogP contribution in [0, 0.1) is 0 Å². The number of carboxylic acid groups (broad SMARTS) is 1. The topological polar surface area (TPSA) is 55.1 Å². The number of hydrogen-bond acceptors (Lipinski definition) is 2. The van der Waals surface area contributed by atoms with E-state index in [-0.39, 0.29) is 11.3 Å². The van der Waals surface area contributed by atoms with Gasteiger partial charge in [-0.2, -0.15) is 5.10 Å². The molecule has 2 rings (SSSR count). The molecule has 0 aliphatic heterocycles. The lowest BCUT2D eigenvalue weighted by atomic mass is 10.2. The molecule has 0 spiro atoms. The molecule has 2 aromatic rings. The minimum atomic E-state index is -1.18. The summed E-state index contributed by atoms with van der Waals surface area (Å²) in [6.45, 7) is -0.886. The van der Waals surface area contributed by atoms with E-state index in [1.807, 2.05) is 6.07 Å². The first kappa shape index (κ1) is 11.8. The second kappa shape index (κ2) is 4.67. The van der Waals surface area contributed by atoms with Crippen molar-refractivity contribution >= 4 is 21.9 Å². The maximum Gasteiger partial charge on any atom is 0.339 e. The van der Waals surface area contributed by atoms with Crippen molar-refractivity contribution in [3.63, 3.8) is 0 Å². The number of nitrogens with zero attached hydrogens (tertiary/aromatic N) is 2. The van der Waals surface area contributed by atoms with Crippen molar-refractivity contribution < 1.29 is 14.3 Å². The molecule has 6 heteroatoms. The SMILES string of the molecule is O=C(O)c1cnn(-c2ccccc2Br)c1CF. The van der Waals surface area contributed by atoms with Crippen molar-refractivity contribution in [2.45, 2.75) is 6.67 Å². The Hall–Kier alpha value is -1.69. The number of alkyl halides is 1. The van der Waals surface area contributed by atoms with Crippen LogP contribution in [0.1, 0.15) is 16.1 Å². The number of hydrogen-bond donors (Lipinski definition) is 1. The summed E-state index contributed by atoms with van der Waals surface area (Å²) in [7, 11) is 0. The molecule has 0 saturated heterocycles. The molecule has 0 fully saturated rings. The van der Waals surface area contributed by atoms with Crippen molar-refractivity contribution in [1.29, 1.82) is 0 Å². The van der Waals surface area contributed by atoms with Crippen LogP contribution in [-0.2, 0) is 6.67 Å². The first-order chi connectivity index (χ1) is 8.15. The van der Waals surface area contributed by atoms with Crippen LogP contribution in [-0.4, -0.2) is 20.9 Å². The highest BCUT2D eigenvalue weighted by Gasteiger charge is 2.18. The van der Waals surface area contributed by atoms with Gasteiger partial charge in [0.25, 0.3) is 0 Å². The molecule has 1 aromatic heterocycles. The normalized spacial score (nSPS) is 10.5. The third-order valence-electron chi connectivity index (χ3n) is 2.31. The molecule has 0 saturated carbocycles. The van der Waals surface area contributed by atoms with Crippen molar-refractivity contribution in [3.05, 3.63) is 46.2 Å². The summed E-state index contributed by atoms with van der Waals surface area (Å²) in [5.41, 5.74) is 0.514. The monoisotopic (exact) mass is 298 g/mol. The van der Waals surface area contributed by atoms with Gasteiger partial charge in [0.15, 0.2) is 0 Å². The molecule has 1 aromatic carbocycles. The fourth-order valence-electron chi connectivity index (χ4n) is 1.51. The summed E-state index contributed by atoms with van der Waals surface area (Å²) in [6, 6.07) is 7.08. The fraction of sp³-hybridized carbons (Fsp3) is 0.0909. The average Bonchev–Trinajstić information content (AvgIpc) is 2.73. The molecule has 0 radical (unpaired) electrons. The van der Waals surface area contributed by atoms with Crippen LogP contribution in [0.15, 0.2) is 34.9 Å². The van der Waals surface area contributed by atoms with Crippen molar-refractivity contribution in [2.75, 3.05) is 0 Å². The Morgan fingerprint density at radius 2 is 2.18 bits per heavy atom. The quantitative estimate of drug-likeness (QED) is 0.948. The Balaban J connectivity index is 2.61. The molecule has 1 heterocycles. The van der Waals surface area contributed by atoms with Crippen LogP contribution in [0.5, 0.6) is 0 Å². The van der Waals surface area contributed by atoms with E-state index in [2.05, 4.69) is 21.0 Å². The van der Waals surface area contributed by atoms with E-state index in [1.54, 1.807) is 18.2 Å². The van der Waals surface area contributed by atoms with Gasteiger partial charge in [-0.1, -0.05) is 12.1 Å². The maximum atomic E-state index is 12.9. The third kappa shape index (κ3) is 2.08. The lowest BCUT2D eigenvalue weighted by Gasteiger charge is -2.07. The van der Waals surface area contributed by atoms with Crippen LogP contribution in [0.25, 0.3) is 5.69 Å². The van der Waals surface area contributed by atoms with Gasteiger partial charge in [0.05, 0.1) is 17.6 Å². The Morgan fingerprint density at radius 3 is 2.76 bits per heavy atom. The Labute approximate surface area is 105 Å². The number of para-hydroxylation sites is 1. The predicted octanol–water partition coefficient (Wildman–Crippen LogP) is 2.80. The molecule has 88 valence electrons. The third-order valence-corrected chi connectivity index (χ3v) is 2.98. The Morgan fingerprint density at radius 1 is 1.47 bits per heavy atom. The van der Waals surface area contributed by atoms with Gasteiger partial charge in [0.1, 0.15) is 12.2 Å². The van der Waals surface area contributed by atoms with Crippen LogP contribution >= 0.6 is 15.9 Å². The summed E-state index contributed by atoms with van der Waals surface area (Å²) in [6.07, 6.45) is 1.15. The highest BCUT2D eigenvalue weighted by molar-refractivity contribution is 9.10. The van der Waals surface area contributed by atoms with Crippen LogP contribution < -0.4 is 0 Å². The molecular formula is C11H8BrFN2O2. The van der Waals surface area contributed by atoms with Crippen LogP contribution in [0.3, 0.4) is 0 Å². The van der Waals surface area contributed by atoms with E-state index in [9.17, 15) is 9.18 Å². The summed E-state index contributed by atoms with van der Waals surface area (Å²) in [5.74, 6) is -1.18. The van der Waals surface area contributed by atoms with Crippen molar-refractivity contribution in [3.8, 4) is 5.69 Å². The lowest BCUT2D eigenvalue weighted by Crippen LogP contribution is -2.05. The summed E-state index contributed by atoms with van der Waals surface area (Å²) >= 11 is 3.31. The summed E-state index contributed by atoms with van der Waals surface area (Å²) < 4.78 is 14.9. The molecule has 0 aliphatic rings. The summed E-state index contributed by atoms with van der Waals surface area (Å²) in [5, 5.41) is 12.8. The first-order valence-electron chi connectivity index (χ1n) is 4.76. The zero-order valence-corrected chi connectivity index (χ0v) is 10.2. The highest BCUT2D eigenvalue weighted by atomic mass is 79.9. The molecule has 0 aliphatic carbocycles.